The van der Waals surface area contributed by atoms with E-state index in [1.807, 2.05) is 12.1 Å². The number of sulfonamides is 1. The van der Waals surface area contributed by atoms with Crippen LogP contribution in [0.5, 0.6) is 0 Å². The summed E-state index contributed by atoms with van der Waals surface area (Å²) in [5, 5.41) is 6.47. The minimum absolute atomic E-state index is 0.0370. The summed E-state index contributed by atoms with van der Waals surface area (Å²) in [6, 6.07) is 5.00. The molecule has 0 bridgehead atoms. The van der Waals surface area contributed by atoms with Crippen LogP contribution in [0.2, 0.25) is 0 Å². The number of nitrogens with one attached hydrogen (secondary N) is 4. The van der Waals surface area contributed by atoms with Crippen molar-refractivity contribution in [2.45, 2.75) is 41.6 Å². The van der Waals surface area contributed by atoms with Crippen LogP contribution >= 0.6 is 23.1 Å². The Hall–Kier alpha value is -2.98. The first-order valence-corrected chi connectivity index (χ1v) is 16.5. The monoisotopic (exact) mass is 605 g/mol. The molecular formula is C25H31N7O5S3. The van der Waals surface area contributed by atoms with Gasteiger partial charge in [-0.3, -0.25) is 10.1 Å². The van der Waals surface area contributed by atoms with Crippen LogP contribution in [0.1, 0.15) is 41.7 Å². The van der Waals surface area contributed by atoms with Gasteiger partial charge in [-0.1, -0.05) is 24.2 Å². The van der Waals surface area contributed by atoms with E-state index in [2.05, 4.69) is 35.2 Å². The van der Waals surface area contributed by atoms with Crippen molar-refractivity contribution in [3.8, 4) is 0 Å². The van der Waals surface area contributed by atoms with Gasteiger partial charge in [0, 0.05) is 42.7 Å². The molecule has 214 valence electrons. The first kappa shape index (κ1) is 28.5. The van der Waals surface area contributed by atoms with Gasteiger partial charge in [0.1, 0.15) is 0 Å². The Labute approximate surface area is 240 Å². The van der Waals surface area contributed by atoms with Crippen molar-refractivity contribution in [2.24, 2.45) is 5.92 Å². The maximum absolute atomic E-state index is 13.5. The molecule has 1 aromatic carbocycles. The van der Waals surface area contributed by atoms with Crippen molar-refractivity contribution in [1.29, 1.82) is 0 Å². The summed E-state index contributed by atoms with van der Waals surface area (Å²) in [7, 11) is -3.45. The van der Waals surface area contributed by atoms with E-state index >= 15 is 0 Å². The van der Waals surface area contributed by atoms with E-state index in [0.717, 1.165) is 50.7 Å². The van der Waals surface area contributed by atoms with Gasteiger partial charge in [-0.2, -0.15) is 0 Å². The third-order valence-electron chi connectivity index (χ3n) is 6.67. The fourth-order valence-corrected chi connectivity index (χ4v) is 7.10. The average molecular weight is 606 g/mol. The van der Waals surface area contributed by atoms with Gasteiger partial charge in [-0.05, 0) is 42.8 Å². The number of Topliss-reactive ketones (excluding diaryl/α,β-unsaturated/α-hetero) is 1. The summed E-state index contributed by atoms with van der Waals surface area (Å²) in [5.41, 5.74) is 2.32. The zero-order valence-electron chi connectivity index (χ0n) is 21.9. The van der Waals surface area contributed by atoms with Crippen molar-refractivity contribution in [2.75, 3.05) is 48.1 Å². The molecule has 0 radical (unpaired) electrons. The van der Waals surface area contributed by atoms with Gasteiger partial charge in [0.25, 0.3) is 0 Å². The van der Waals surface area contributed by atoms with Gasteiger partial charge in [0.05, 0.1) is 41.6 Å². The average Bonchev–Trinajstić information content (AvgIpc) is 3.71. The van der Waals surface area contributed by atoms with Gasteiger partial charge in [0.2, 0.25) is 10.0 Å². The maximum atomic E-state index is 13.5. The van der Waals surface area contributed by atoms with Gasteiger partial charge in [0.15, 0.2) is 16.1 Å². The van der Waals surface area contributed by atoms with Crippen molar-refractivity contribution < 1.29 is 22.7 Å². The Kier molecular flexibility index (Phi) is 9.05. The number of anilines is 3. The summed E-state index contributed by atoms with van der Waals surface area (Å²) >= 11 is 2.48. The molecule has 12 nitrogen and oxygen atoms in total. The molecule has 15 heteroatoms. The molecule has 2 aliphatic rings. The number of H-pyrrole nitrogens is 1. The van der Waals surface area contributed by atoms with Crippen LogP contribution in [-0.4, -0.2) is 67.7 Å². The normalized spacial score (nSPS) is 16.3. The number of benzene rings is 1. The lowest BCUT2D eigenvalue weighted by molar-refractivity contribution is 0.0923. The molecule has 4 N–H and O–H groups in total. The second kappa shape index (κ2) is 12.7. The van der Waals surface area contributed by atoms with Crippen molar-refractivity contribution in [3.05, 3.63) is 41.9 Å². The van der Waals surface area contributed by atoms with Gasteiger partial charge < -0.3 is 19.9 Å². The Morgan fingerprint density at radius 3 is 2.67 bits per heavy atom. The molecule has 0 atom stereocenters. The molecule has 2 aromatic heterocycles. The number of imidazole rings is 1. The Bertz CT molecular complexity index is 1450. The van der Waals surface area contributed by atoms with E-state index in [9.17, 15) is 18.0 Å². The Morgan fingerprint density at radius 2 is 1.98 bits per heavy atom. The quantitative estimate of drug-likeness (QED) is 0.251. The van der Waals surface area contributed by atoms with Crippen LogP contribution in [0.3, 0.4) is 0 Å². The number of rotatable bonds is 10. The number of urea groups is 1. The molecule has 3 aromatic rings. The Morgan fingerprint density at radius 1 is 1.20 bits per heavy atom. The zero-order valence-corrected chi connectivity index (χ0v) is 24.4. The third kappa shape index (κ3) is 7.40. The number of hydrogen-bond acceptors (Lipinski definition) is 10. The second-order valence-electron chi connectivity index (χ2n) is 9.60. The number of ether oxygens (including phenoxy) is 1. The number of aromatic nitrogens is 3. The summed E-state index contributed by atoms with van der Waals surface area (Å²) in [6.45, 7) is 2.70. The van der Waals surface area contributed by atoms with Crippen molar-refractivity contribution >= 4 is 61.4 Å². The molecule has 5 rings (SSSR count). The lowest BCUT2D eigenvalue weighted by Crippen LogP contribution is -2.36. The summed E-state index contributed by atoms with van der Waals surface area (Å²) in [4.78, 5) is 40.4. The van der Waals surface area contributed by atoms with Crippen LogP contribution in [0.4, 0.5) is 21.3 Å². The van der Waals surface area contributed by atoms with Crippen LogP contribution < -0.4 is 20.3 Å². The summed E-state index contributed by atoms with van der Waals surface area (Å²) in [6.07, 6.45) is 8.12. The highest BCUT2D eigenvalue weighted by Gasteiger charge is 2.27. The number of hydrogen-bond donors (Lipinski definition) is 4. The number of thiazole rings is 1. The number of nitrogens with zero attached hydrogens (tertiary/aromatic N) is 3. The Balaban J connectivity index is 1.35. The van der Waals surface area contributed by atoms with Crippen molar-refractivity contribution in [1.82, 2.24) is 19.7 Å². The van der Waals surface area contributed by atoms with E-state index in [-0.39, 0.29) is 23.4 Å². The molecule has 0 spiro atoms. The number of aromatic amines is 1. The van der Waals surface area contributed by atoms with E-state index in [1.54, 1.807) is 18.5 Å². The maximum Gasteiger partial charge on any atom is 0.325 e. The fourth-order valence-electron chi connectivity index (χ4n) is 4.70. The topological polar surface area (TPSA) is 158 Å². The number of amides is 2. The standard InChI is InChI=1S/C25H31N7O5S3/c1-40(35,36)28-15-20-22(38-24-26-8-9-27-24)39-25(30-20)31-23(34)29-19-7-6-17(32-10-12-37-13-11-32)14-18(19)21(33)16-4-2-3-5-16/h6-9,14,16,28H,2-5,10-13,15H2,1H3,(H,26,27)(H2,29,30,31,34). The van der Waals surface area contributed by atoms with Crippen LogP contribution in [0.25, 0.3) is 0 Å². The van der Waals surface area contributed by atoms with E-state index in [0.29, 0.717) is 39.5 Å². The summed E-state index contributed by atoms with van der Waals surface area (Å²) < 4.78 is 31.9. The van der Waals surface area contributed by atoms with E-state index in [4.69, 9.17) is 4.74 Å². The zero-order chi connectivity index (χ0) is 28.1. The first-order chi connectivity index (χ1) is 19.2. The molecule has 1 saturated carbocycles. The van der Waals surface area contributed by atoms with Gasteiger partial charge in [-0.25, -0.2) is 27.9 Å². The predicted octanol–water partition coefficient (Wildman–Crippen LogP) is 3.92. The number of ketones is 1. The third-order valence-corrected chi connectivity index (χ3v) is 9.48. The predicted molar refractivity (Wildman–Crippen MR) is 155 cm³/mol. The van der Waals surface area contributed by atoms with E-state index in [1.165, 1.54) is 23.1 Å². The fraction of sp³-hybridized carbons (Fsp3) is 0.440. The molecule has 1 aliphatic heterocycles. The van der Waals surface area contributed by atoms with E-state index < -0.39 is 16.1 Å². The SMILES string of the molecule is CS(=O)(=O)NCc1nc(NC(=O)Nc2ccc(N3CCOCC3)cc2C(=O)C2CCCC2)sc1Sc1ncc[nH]1. The number of morpholine rings is 1. The van der Waals surface area contributed by atoms with Gasteiger partial charge >= 0.3 is 6.03 Å². The highest BCUT2D eigenvalue weighted by Crippen LogP contribution is 2.36. The number of carbonyl (C=O) groups excluding carboxylic acids is 2. The van der Waals surface area contributed by atoms with Crippen LogP contribution in [0.15, 0.2) is 40.0 Å². The van der Waals surface area contributed by atoms with Crippen LogP contribution in [0, 0.1) is 5.92 Å². The van der Waals surface area contributed by atoms with Crippen molar-refractivity contribution in [3.63, 3.8) is 0 Å². The smallest absolute Gasteiger partial charge is 0.325 e. The molecule has 2 amide bonds. The molecule has 2 fully saturated rings. The largest absolute Gasteiger partial charge is 0.378 e. The van der Waals surface area contributed by atoms with Crippen LogP contribution in [-0.2, 0) is 21.3 Å². The molecule has 1 aliphatic carbocycles. The summed E-state index contributed by atoms with van der Waals surface area (Å²) in [5.74, 6) is -0.00275. The molecular weight excluding hydrogens is 575 g/mol. The molecule has 0 unspecified atom stereocenters. The lowest BCUT2D eigenvalue weighted by Gasteiger charge is -2.29. The molecule has 1 saturated heterocycles. The number of carbonyl (C=O) groups is 2. The molecule has 3 heterocycles. The highest BCUT2D eigenvalue weighted by atomic mass is 32.2. The second-order valence-corrected chi connectivity index (χ2v) is 13.7. The minimum atomic E-state index is -3.45. The minimum Gasteiger partial charge on any atom is -0.378 e. The lowest BCUT2D eigenvalue weighted by atomic mass is 9.94. The first-order valence-electron chi connectivity index (χ1n) is 13.0. The van der Waals surface area contributed by atoms with Gasteiger partial charge in [-0.15, -0.1) is 0 Å². The molecule has 40 heavy (non-hydrogen) atoms. The highest BCUT2D eigenvalue weighted by molar-refractivity contribution is 8.01.